The molecule has 0 unspecified atom stereocenters. The zero-order chi connectivity index (χ0) is 12.6. The van der Waals surface area contributed by atoms with Gasteiger partial charge < -0.3 is 5.11 Å². The van der Waals surface area contributed by atoms with E-state index in [9.17, 15) is 13.2 Å². The Morgan fingerprint density at radius 3 is 2.65 bits per heavy atom. The van der Waals surface area contributed by atoms with Gasteiger partial charge in [-0.15, -0.1) is 11.3 Å². The lowest BCUT2D eigenvalue weighted by Gasteiger charge is -1.95. The second-order valence-electron chi connectivity index (χ2n) is 4.33. The maximum Gasteiger partial charge on any atom is 0.308 e. The Morgan fingerprint density at radius 2 is 2.18 bits per heavy atom. The summed E-state index contributed by atoms with van der Waals surface area (Å²) < 4.78 is 22.4. The van der Waals surface area contributed by atoms with E-state index >= 15 is 0 Å². The molecule has 1 aromatic rings. The maximum absolute atomic E-state index is 11.2. The van der Waals surface area contributed by atoms with E-state index in [0.717, 1.165) is 24.8 Å². The van der Waals surface area contributed by atoms with Crippen LogP contribution in [0.5, 0.6) is 0 Å². The van der Waals surface area contributed by atoms with Gasteiger partial charge in [0, 0.05) is 17.1 Å². The van der Waals surface area contributed by atoms with Crippen molar-refractivity contribution >= 4 is 27.1 Å². The smallest absolute Gasteiger partial charge is 0.308 e. The van der Waals surface area contributed by atoms with E-state index < -0.39 is 15.8 Å². The third kappa shape index (κ3) is 3.50. The van der Waals surface area contributed by atoms with Crippen molar-refractivity contribution in [2.24, 2.45) is 0 Å². The lowest BCUT2D eigenvalue weighted by Crippen LogP contribution is -2.00. The van der Waals surface area contributed by atoms with Crippen LogP contribution in [-0.2, 0) is 26.8 Å². The Kier molecular flexibility index (Phi) is 3.22. The maximum atomic E-state index is 11.2. The summed E-state index contributed by atoms with van der Waals surface area (Å²) in [5.41, 5.74) is 0.802. The molecule has 1 heterocycles. The zero-order valence-electron chi connectivity index (χ0n) is 9.34. The van der Waals surface area contributed by atoms with Crippen molar-refractivity contribution in [3.05, 3.63) is 15.6 Å². The summed E-state index contributed by atoms with van der Waals surface area (Å²) in [7, 11) is -3.11. The van der Waals surface area contributed by atoms with Gasteiger partial charge >= 0.3 is 5.97 Å². The molecule has 0 spiro atoms. The molecule has 0 aromatic carbocycles. The quantitative estimate of drug-likeness (QED) is 0.872. The van der Waals surface area contributed by atoms with Gasteiger partial charge in [0.25, 0.3) is 0 Å². The second-order valence-corrected chi connectivity index (χ2v) is 7.64. The molecule has 1 aliphatic rings. The van der Waals surface area contributed by atoms with E-state index in [1.165, 1.54) is 11.3 Å². The van der Waals surface area contributed by atoms with Gasteiger partial charge in [-0.25, -0.2) is 13.4 Å². The van der Waals surface area contributed by atoms with Gasteiger partial charge in [-0.05, 0) is 12.8 Å². The molecule has 0 radical (unpaired) electrons. The molecule has 0 amide bonds. The first-order valence-corrected chi connectivity index (χ1v) is 8.11. The highest BCUT2D eigenvalue weighted by Gasteiger charge is 2.30. The summed E-state index contributed by atoms with van der Waals surface area (Å²) >= 11 is 1.21. The Bertz CT molecular complexity index is 543. The number of thiazole rings is 1. The number of carboxylic acid groups (broad SMARTS) is 1. The van der Waals surface area contributed by atoms with E-state index in [4.69, 9.17) is 5.11 Å². The van der Waals surface area contributed by atoms with Gasteiger partial charge in [0.1, 0.15) is 10.8 Å². The SMILES string of the molecule is CS(=O)(=O)Cc1nc(C2CC2)c(CC(=O)O)s1. The van der Waals surface area contributed by atoms with Crippen molar-refractivity contribution in [2.45, 2.75) is 30.9 Å². The van der Waals surface area contributed by atoms with Crippen LogP contribution >= 0.6 is 11.3 Å². The molecule has 1 aliphatic carbocycles. The molecular weight excluding hydrogens is 262 g/mol. The lowest BCUT2D eigenvalue weighted by molar-refractivity contribution is -0.136. The van der Waals surface area contributed by atoms with Crippen LogP contribution in [0.3, 0.4) is 0 Å². The Balaban J connectivity index is 2.27. The van der Waals surface area contributed by atoms with Crippen molar-refractivity contribution in [2.75, 3.05) is 6.26 Å². The Labute approximate surface area is 103 Å². The molecule has 1 N–H and O–H groups in total. The third-order valence-corrected chi connectivity index (χ3v) is 4.49. The zero-order valence-corrected chi connectivity index (χ0v) is 11.0. The minimum absolute atomic E-state index is 0.0622. The van der Waals surface area contributed by atoms with Crippen LogP contribution in [0.2, 0.25) is 0 Å². The number of aliphatic carboxylic acids is 1. The fraction of sp³-hybridized carbons (Fsp3) is 0.600. The molecule has 94 valence electrons. The van der Waals surface area contributed by atoms with E-state index in [1.807, 2.05) is 0 Å². The number of rotatable bonds is 5. The summed E-state index contributed by atoms with van der Waals surface area (Å²) in [6.45, 7) is 0. The predicted molar refractivity (Wildman–Crippen MR) is 64.0 cm³/mol. The fourth-order valence-electron chi connectivity index (χ4n) is 1.64. The fourth-order valence-corrected chi connectivity index (χ4v) is 3.97. The average molecular weight is 275 g/mol. The van der Waals surface area contributed by atoms with Gasteiger partial charge in [0.05, 0.1) is 12.1 Å². The van der Waals surface area contributed by atoms with Gasteiger partial charge in [-0.1, -0.05) is 0 Å². The van der Waals surface area contributed by atoms with Gasteiger partial charge in [-0.3, -0.25) is 4.79 Å². The van der Waals surface area contributed by atoms with E-state index in [-0.39, 0.29) is 12.2 Å². The molecular formula is C10H13NO4S2. The largest absolute Gasteiger partial charge is 0.481 e. The molecule has 1 saturated carbocycles. The van der Waals surface area contributed by atoms with Crippen LogP contribution in [0.15, 0.2) is 0 Å². The highest BCUT2D eigenvalue weighted by atomic mass is 32.2. The van der Waals surface area contributed by atoms with Crippen molar-refractivity contribution in [1.82, 2.24) is 4.98 Å². The first-order chi connectivity index (χ1) is 7.85. The lowest BCUT2D eigenvalue weighted by atomic mass is 10.2. The van der Waals surface area contributed by atoms with Crippen LogP contribution in [-0.4, -0.2) is 30.7 Å². The standard InChI is InChI=1S/C10H13NO4S2/c1-17(14,15)5-8-11-10(6-2-3-6)7(16-8)4-9(12)13/h6H,2-5H2,1H3,(H,12,13). The molecule has 0 saturated heterocycles. The first kappa shape index (κ1) is 12.5. The molecule has 5 nitrogen and oxygen atoms in total. The van der Waals surface area contributed by atoms with Gasteiger partial charge in [0.2, 0.25) is 0 Å². The third-order valence-electron chi connectivity index (χ3n) is 2.43. The van der Waals surface area contributed by atoms with Crippen molar-refractivity contribution in [3.63, 3.8) is 0 Å². The van der Waals surface area contributed by atoms with Crippen LogP contribution in [0.1, 0.15) is 34.3 Å². The average Bonchev–Trinajstić information content (AvgIpc) is 2.88. The predicted octanol–water partition coefficient (Wildman–Crippen LogP) is 1.19. The summed E-state index contributed by atoms with van der Waals surface area (Å²) in [4.78, 5) is 15.7. The normalized spacial score (nSPS) is 16.1. The molecule has 1 fully saturated rings. The van der Waals surface area contributed by atoms with Crippen LogP contribution < -0.4 is 0 Å². The summed E-state index contributed by atoms with van der Waals surface area (Å²) in [6, 6.07) is 0. The minimum atomic E-state index is -3.11. The number of carboxylic acids is 1. The highest BCUT2D eigenvalue weighted by molar-refractivity contribution is 7.90. The van der Waals surface area contributed by atoms with Crippen molar-refractivity contribution < 1.29 is 18.3 Å². The van der Waals surface area contributed by atoms with Crippen LogP contribution in [0, 0.1) is 0 Å². The number of sulfone groups is 1. The molecule has 0 bridgehead atoms. The number of aromatic nitrogens is 1. The van der Waals surface area contributed by atoms with Crippen LogP contribution in [0.4, 0.5) is 0 Å². The van der Waals surface area contributed by atoms with E-state index in [0.29, 0.717) is 15.8 Å². The summed E-state index contributed by atoms with van der Waals surface area (Å²) in [6.07, 6.45) is 3.14. The Hall–Kier alpha value is -0.950. The van der Waals surface area contributed by atoms with Crippen LogP contribution in [0.25, 0.3) is 0 Å². The molecule has 1 aromatic heterocycles. The number of carbonyl (C=O) groups is 1. The van der Waals surface area contributed by atoms with Crippen molar-refractivity contribution in [1.29, 1.82) is 0 Å². The number of nitrogens with zero attached hydrogens (tertiary/aromatic N) is 1. The molecule has 2 rings (SSSR count). The molecule has 0 atom stereocenters. The second kappa shape index (κ2) is 4.38. The first-order valence-electron chi connectivity index (χ1n) is 5.23. The minimum Gasteiger partial charge on any atom is -0.481 e. The van der Waals surface area contributed by atoms with Gasteiger partial charge in [-0.2, -0.15) is 0 Å². The number of hydrogen-bond acceptors (Lipinski definition) is 5. The summed E-state index contributed by atoms with van der Waals surface area (Å²) in [5, 5.41) is 9.30. The Morgan fingerprint density at radius 1 is 1.53 bits per heavy atom. The topological polar surface area (TPSA) is 84.3 Å². The van der Waals surface area contributed by atoms with E-state index in [1.54, 1.807) is 0 Å². The molecule has 17 heavy (non-hydrogen) atoms. The van der Waals surface area contributed by atoms with E-state index in [2.05, 4.69) is 4.98 Å². The van der Waals surface area contributed by atoms with Gasteiger partial charge in [0.15, 0.2) is 9.84 Å². The summed E-state index contributed by atoms with van der Waals surface area (Å²) in [5.74, 6) is -0.660. The molecule has 7 heteroatoms. The highest BCUT2D eigenvalue weighted by Crippen LogP contribution is 2.43. The molecule has 0 aliphatic heterocycles. The number of hydrogen-bond donors (Lipinski definition) is 1. The monoisotopic (exact) mass is 275 g/mol. The van der Waals surface area contributed by atoms with Crippen molar-refractivity contribution in [3.8, 4) is 0 Å².